The number of nitrogens with zero attached hydrogens (tertiary/aromatic N) is 1. The molecule has 0 bridgehead atoms. The van der Waals surface area contributed by atoms with Gasteiger partial charge in [0.15, 0.2) is 5.84 Å². The van der Waals surface area contributed by atoms with E-state index in [2.05, 4.69) is 21.1 Å². The van der Waals surface area contributed by atoms with Crippen LogP contribution in [0.1, 0.15) is 0 Å². The van der Waals surface area contributed by atoms with E-state index in [0.717, 1.165) is 0 Å². The normalized spacial score (nSPS) is 11.4. The monoisotopic (exact) mass is 262 g/mol. The van der Waals surface area contributed by atoms with Gasteiger partial charge in [-0.15, -0.1) is 0 Å². The molecule has 0 amide bonds. The Balaban J connectivity index is 2.71. The second kappa shape index (κ2) is 4.80. The highest BCUT2D eigenvalue weighted by atomic mass is 79.9. The van der Waals surface area contributed by atoms with Gasteiger partial charge in [0.1, 0.15) is 18.2 Å². The lowest BCUT2D eigenvalue weighted by molar-refractivity contribution is 0.305. The Morgan fingerprint density at radius 1 is 1.64 bits per heavy atom. The maximum atomic E-state index is 12.7. The molecular weight excluding hydrogens is 255 g/mol. The molecule has 14 heavy (non-hydrogen) atoms. The van der Waals surface area contributed by atoms with Gasteiger partial charge < -0.3 is 15.7 Å². The third-order valence-electron chi connectivity index (χ3n) is 1.40. The molecule has 0 unspecified atom stereocenters. The van der Waals surface area contributed by atoms with Crippen molar-refractivity contribution in [3.63, 3.8) is 0 Å². The molecule has 4 nitrogen and oxygen atoms in total. The van der Waals surface area contributed by atoms with Crippen LogP contribution in [0.2, 0.25) is 0 Å². The van der Waals surface area contributed by atoms with Gasteiger partial charge in [0.05, 0.1) is 4.47 Å². The summed E-state index contributed by atoms with van der Waals surface area (Å²) in [6.45, 7) is -0.0987. The first-order chi connectivity index (χ1) is 6.63. The second-order valence-corrected chi connectivity index (χ2v) is 3.31. The van der Waals surface area contributed by atoms with Crippen molar-refractivity contribution in [2.24, 2.45) is 10.9 Å². The number of hydrogen-bond donors (Lipinski definition) is 2. The van der Waals surface area contributed by atoms with Crippen LogP contribution in [0.25, 0.3) is 0 Å². The molecule has 0 aliphatic heterocycles. The summed E-state index contributed by atoms with van der Waals surface area (Å²) in [5.41, 5.74) is 5.17. The molecule has 76 valence electrons. The van der Waals surface area contributed by atoms with Crippen molar-refractivity contribution in [3.05, 3.63) is 28.5 Å². The van der Waals surface area contributed by atoms with E-state index in [1.807, 2.05) is 0 Å². The van der Waals surface area contributed by atoms with Gasteiger partial charge in [-0.2, -0.15) is 0 Å². The largest absolute Gasteiger partial charge is 0.484 e. The summed E-state index contributed by atoms with van der Waals surface area (Å²) in [5, 5.41) is 10.9. The highest BCUT2D eigenvalue weighted by Crippen LogP contribution is 2.25. The molecule has 0 atom stereocenters. The fourth-order valence-electron chi connectivity index (χ4n) is 0.768. The van der Waals surface area contributed by atoms with Crippen LogP contribution < -0.4 is 10.5 Å². The van der Waals surface area contributed by atoms with Crippen molar-refractivity contribution in [1.29, 1.82) is 0 Å². The van der Waals surface area contributed by atoms with E-state index in [9.17, 15) is 4.39 Å². The van der Waals surface area contributed by atoms with Gasteiger partial charge in [-0.1, -0.05) is 5.16 Å². The molecule has 0 radical (unpaired) electrons. The fourth-order valence-corrected chi connectivity index (χ4v) is 1.13. The molecule has 1 aromatic rings. The van der Waals surface area contributed by atoms with Crippen LogP contribution in [0.3, 0.4) is 0 Å². The molecule has 1 aromatic carbocycles. The number of rotatable bonds is 3. The zero-order valence-corrected chi connectivity index (χ0v) is 8.66. The van der Waals surface area contributed by atoms with Gasteiger partial charge in [-0.3, -0.25) is 0 Å². The first-order valence-electron chi connectivity index (χ1n) is 3.67. The van der Waals surface area contributed by atoms with Gasteiger partial charge in [0.25, 0.3) is 0 Å². The number of benzene rings is 1. The Kier molecular flexibility index (Phi) is 3.70. The lowest BCUT2D eigenvalue weighted by Gasteiger charge is -2.06. The zero-order valence-electron chi connectivity index (χ0n) is 7.08. The van der Waals surface area contributed by atoms with Gasteiger partial charge >= 0.3 is 0 Å². The molecule has 6 heteroatoms. The Morgan fingerprint density at radius 3 is 3.00 bits per heavy atom. The average Bonchev–Trinajstić information content (AvgIpc) is 2.19. The molecule has 0 aliphatic carbocycles. The standard InChI is InChI=1S/C8H8BrFN2O2/c9-6-2-1-5(10)3-7(6)14-4-8(11)12-13/h1-3,13H,4H2,(H2,11,12). The molecular formula is C8H8BrFN2O2. The van der Waals surface area contributed by atoms with E-state index in [1.54, 1.807) is 0 Å². The van der Waals surface area contributed by atoms with Crippen LogP contribution in [-0.4, -0.2) is 17.6 Å². The van der Waals surface area contributed by atoms with Crippen molar-refractivity contribution < 1.29 is 14.3 Å². The highest BCUT2D eigenvalue weighted by Gasteiger charge is 2.03. The molecule has 3 N–H and O–H groups in total. The lowest BCUT2D eigenvalue weighted by Crippen LogP contribution is -2.20. The second-order valence-electron chi connectivity index (χ2n) is 2.45. The molecule has 0 saturated heterocycles. The maximum absolute atomic E-state index is 12.7. The van der Waals surface area contributed by atoms with Crippen molar-refractivity contribution >= 4 is 21.8 Å². The SMILES string of the molecule is N/C(COc1cc(F)ccc1Br)=N/O. The van der Waals surface area contributed by atoms with Crippen molar-refractivity contribution in [3.8, 4) is 5.75 Å². The lowest BCUT2D eigenvalue weighted by atomic mass is 10.3. The van der Waals surface area contributed by atoms with Crippen LogP contribution in [0.4, 0.5) is 4.39 Å². The number of ether oxygens (including phenoxy) is 1. The van der Waals surface area contributed by atoms with E-state index in [0.29, 0.717) is 10.2 Å². The molecule has 0 fully saturated rings. The quantitative estimate of drug-likeness (QED) is 0.377. The van der Waals surface area contributed by atoms with Crippen molar-refractivity contribution in [1.82, 2.24) is 0 Å². The number of amidine groups is 1. The van der Waals surface area contributed by atoms with Gasteiger partial charge in [-0.05, 0) is 28.1 Å². The van der Waals surface area contributed by atoms with Crippen LogP contribution >= 0.6 is 15.9 Å². The first-order valence-corrected chi connectivity index (χ1v) is 4.47. The molecule has 0 aliphatic rings. The van der Waals surface area contributed by atoms with E-state index < -0.39 is 5.82 Å². The van der Waals surface area contributed by atoms with E-state index in [1.165, 1.54) is 18.2 Å². The summed E-state index contributed by atoms with van der Waals surface area (Å²) in [4.78, 5) is 0. The van der Waals surface area contributed by atoms with Gasteiger partial charge in [-0.25, -0.2) is 4.39 Å². The van der Waals surface area contributed by atoms with Gasteiger partial charge in [0.2, 0.25) is 0 Å². The summed E-state index contributed by atoms with van der Waals surface area (Å²) in [7, 11) is 0. The van der Waals surface area contributed by atoms with Crippen LogP contribution in [0.5, 0.6) is 5.75 Å². The molecule has 0 aromatic heterocycles. The minimum absolute atomic E-state index is 0.0823. The predicted octanol–water partition coefficient (Wildman–Crippen LogP) is 1.71. The minimum Gasteiger partial charge on any atom is -0.484 e. The summed E-state index contributed by atoms with van der Waals surface area (Å²) in [5.74, 6) is -0.194. The summed E-state index contributed by atoms with van der Waals surface area (Å²) in [6, 6.07) is 4.01. The summed E-state index contributed by atoms with van der Waals surface area (Å²) < 4.78 is 18.4. The molecule has 0 spiro atoms. The van der Waals surface area contributed by atoms with E-state index in [4.69, 9.17) is 15.7 Å². The number of hydrogen-bond acceptors (Lipinski definition) is 3. The highest BCUT2D eigenvalue weighted by molar-refractivity contribution is 9.10. The topological polar surface area (TPSA) is 67.8 Å². The maximum Gasteiger partial charge on any atom is 0.177 e. The Morgan fingerprint density at radius 2 is 2.36 bits per heavy atom. The first kappa shape index (κ1) is 10.8. The Hall–Kier alpha value is -1.30. The number of oxime groups is 1. The van der Waals surface area contributed by atoms with Crippen molar-refractivity contribution in [2.45, 2.75) is 0 Å². The van der Waals surface area contributed by atoms with Gasteiger partial charge in [0, 0.05) is 6.07 Å². The minimum atomic E-state index is -0.414. The van der Waals surface area contributed by atoms with Crippen LogP contribution in [0.15, 0.2) is 27.8 Å². The van der Waals surface area contributed by atoms with Crippen molar-refractivity contribution in [2.75, 3.05) is 6.61 Å². The number of halogens is 2. The molecule has 1 rings (SSSR count). The third kappa shape index (κ3) is 2.88. The zero-order chi connectivity index (χ0) is 10.6. The average molecular weight is 263 g/mol. The molecule has 0 heterocycles. The smallest absolute Gasteiger partial charge is 0.177 e. The third-order valence-corrected chi connectivity index (χ3v) is 2.05. The Bertz CT molecular complexity index is 357. The van der Waals surface area contributed by atoms with Crippen LogP contribution in [0, 0.1) is 5.82 Å². The fraction of sp³-hybridized carbons (Fsp3) is 0.125. The van der Waals surface area contributed by atoms with Crippen LogP contribution in [-0.2, 0) is 0 Å². The number of nitrogens with two attached hydrogens (primary N) is 1. The van der Waals surface area contributed by atoms with E-state index >= 15 is 0 Å². The Labute approximate surface area is 88.3 Å². The summed E-state index contributed by atoms with van der Waals surface area (Å²) in [6.07, 6.45) is 0. The van der Waals surface area contributed by atoms with E-state index in [-0.39, 0.29) is 12.4 Å². The molecule has 0 saturated carbocycles. The summed E-state index contributed by atoms with van der Waals surface area (Å²) >= 11 is 3.17. The predicted molar refractivity (Wildman–Crippen MR) is 53.0 cm³/mol.